The van der Waals surface area contributed by atoms with E-state index in [2.05, 4.69) is 48.5 Å². The zero-order valence-electron chi connectivity index (χ0n) is 53.6. The molecule has 492 valence electrons. The van der Waals surface area contributed by atoms with E-state index >= 15 is 0 Å². The molecule has 0 amide bonds. The van der Waals surface area contributed by atoms with E-state index in [1.807, 2.05) is 0 Å². The number of phosphoric ester groups is 2. The standard InChI is InChI=1S/C64H124O17P2/c1-8-9-10-11-12-15-24-31-38-45-61(66)74-52-60(81-64(69)48-41-34-27-20-23-30-37-44-57(6)7)54-79-83(72,73)77-50-58(65)49-76-82(70,71)78-53-59(80-63(68)47-40-33-26-19-14-17-22-29-36-43-56(4)5)51-75-62(67)46-39-32-25-18-13-16-21-28-35-42-55(2)3/h55-60,65H,8-54H2,1-7H3,(H,70,71)(H,72,73)/t58-,59-,60-/m1/s1. The zero-order valence-corrected chi connectivity index (χ0v) is 55.4. The number of hydrogen-bond donors (Lipinski definition) is 3. The largest absolute Gasteiger partial charge is 0.472 e. The van der Waals surface area contributed by atoms with Crippen LogP contribution in [-0.4, -0.2) is 96.7 Å². The monoisotopic (exact) mass is 1230 g/mol. The normalized spacial score (nSPS) is 14.4. The summed E-state index contributed by atoms with van der Waals surface area (Å²) in [6.07, 6.45) is 36.3. The molecule has 83 heavy (non-hydrogen) atoms. The molecule has 0 aromatic heterocycles. The molecule has 0 aromatic carbocycles. The molecule has 17 nitrogen and oxygen atoms in total. The van der Waals surface area contributed by atoms with Gasteiger partial charge < -0.3 is 33.8 Å². The van der Waals surface area contributed by atoms with Gasteiger partial charge in [0.05, 0.1) is 26.4 Å². The van der Waals surface area contributed by atoms with Gasteiger partial charge in [0.2, 0.25) is 0 Å². The Morgan fingerprint density at radius 1 is 0.325 bits per heavy atom. The van der Waals surface area contributed by atoms with Crippen LogP contribution in [0.2, 0.25) is 0 Å². The molecule has 0 aromatic rings. The minimum absolute atomic E-state index is 0.103. The van der Waals surface area contributed by atoms with E-state index in [-0.39, 0.29) is 25.7 Å². The van der Waals surface area contributed by atoms with Gasteiger partial charge in [-0.3, -0.25) is 37.3 Å². The second-order valence-electron chi connectivity index (χ2n) is 24.6. The molecule has 2 unspecified atom stereocenters. The van der Waals surface area contributed by atoms with Crippen molar-refractivity contribution in [3.63, 3.8) is 0 Å². The Kier molecular flexibility index (Phi) is 54.1. The van der Waals surface area contributed by atoms with Crippen LogP contribution >= 0.6 is 15.6 Å². The third-order valence-electron chi connectivity index (χ3n) is 14.6. The Morgan fingerprint density at radius 3 is 0.819 bits per heavy atom. The molecule has 0 fully saturated rings. The van der Waals surface area contributed by atoms with Crippen LogP contribution in [0.4, 0.5) is 0 Å². The molecule has 0 bridgehead atoms. The van der Waals surface area contributed by atoms with Crippen LogP contribution in [0.15, 0.2) is 0 Å². The molecule has 0 heterocycles. The minimum Gasteiger partial charge on any atom is -0.462 e. The van der Waals surface area contributed by atoms with Crippen molar-refractivity contribution in [2.24, 2.45) is 17.8 Å². The Bertz CT molecular complexity index is 1650. The maximum absolute atomic E-state index is 13.0. The number of aliphatic hydroxyl groups is 1. The highest BCUT2D eigenvalue weighted by atomic mass is 31.2. The number of carbonyl (C=O) groups is 4. The summed E-state index contributed by atoms with van der Waals surface area (Å²) in [6, 6.07) is 0. The Hall–Kier alpha value is -1.94. The summed E-state index contributed by atoms with van der Waals surface area (Å²) in [7, 11) is -9.89. The maximum atomic E-state index is 13.0. The van der Waals surface area contributed by atoms with E-state index in [0.29, 0.717) is 31.6 Å². The quantitative estimate of drug-likeness (QED) is 0.0222. The Labute approximate surface area is 505 Å². The number of hydrogen-bond acceptors (Lipinski definition) is 15. The van der Waals surface area contributed by atoms with Crippen molar-refractivity contribution in [3.8, 4) is 0 Å². The number of esters is 4. The number of rotatable bonds is 62. The highest BCUT2D eigenvalue weighted by Crippen LogP contribution is 2.45. The Balaban J connectivity index is 5.24. The lowest BCUT2D eigenvalue weighted by Gasteiger charge is -2.21. The van der Waals surface area contributed by atoms with Crippen molar-refractivity contribution in [3.05, 3.63) is 0 Å². The highest BCUT2D eigenvalue weighted by molar-refractivity contribution is 7.47. The van der Waals surface area contributed by atoms with Crippen molar-refractivity contribution in [2.75, 3.05) is 39.6 Å². The SMILES string of the molecule is CCCCCCCCCCCC(=O)OC[C@H](COP(=O)(O)OC[C@H](O)COP(=O)(O)OC[C@@H](COC(=O)CCCCCCCCCCCC(C)C)OC(=O)CCCCCCCCCCCC(C)C)OC(=O)CCCCCCCCCC(C)C. The van der Waals surface area contributed by atoms with Crippen LogP contribution in [0.1, 0.15) is 312 Å². The summed E-state index contributed by atoms with van der Waals surface area (Å²) in [5.41, 5.74) is 0. The predicted molar refractivity (Wildman–Crippen MR) is 331 cm³/mol. The fraction of sp³-hybridized carbons (Fsp3) is 0.938. The third-order valence-corrected chi connectivity index (χ3v) is 16.5. The second kappa shape index (κ2) is 55.4. The smallest absolute Gasteiger partial charge is 0.462 e. The van der Waals surface area contributed by atoms with Gasteiger partial charge in [0.15, 0.2) is 12.2 Å². The van der Waals surface area contributed by atoms with Crippen molar-refractivity contribution in [1.82, 2.24) is 0 Å². The van der Waals surface area contributed by atoms with Gasteiger partial charge in [-0.15, -0.1) is 0 Å². The molecular weight excluding hydrogens is 1100 g/mol. The molecule has 3 N–H and O–H groups in total. The summed E-state index contributed by atoms with van der Waals surface area (Å²) < 4.78 is 68.0. The van der Waals surface area contributed by atoms with Gasteiger partial charge in [-0.05, 0) is 43.4 Å². The van der Waals surface area contributed by atoms with E-state index < -0.39 is 97.5 Å². The highest BCUT2D eigenvalue weighted by Gasteiger charge is 2.30. The van der Waals surface area contributed by atoms with E-state index in [1.54, 1.807) is 0 Å². The lowest BCUT2D eigenvalue weighted by atomic mass is 10.0. The van der Waals surface area contributed by atoms with Crippen LogP contribution in [0.3, 0.4) is 0 Å². The van der Waals surface area contributed by atoms with Gasteiger partial charge in [-0.1, -0.05) is 260 Å². The number of carbonyl (C=O) groups excluding carboxylic acids is 4. The average molecular weight is 1230 g/mol. The molecule has 0 aliphatic carbocycles. The Morgan fingerprint density at radius 2 is 0.554 bits per heavy atom. The molecule has 0 saturated carbocycles. The second-order valence-corrected chi connectivity index (χ2v) is 27.5. The molecule has 0 aliphatic rings. The number of aliphatic hydroxyl groups excluding tert-OH is 1. The summed E-state index contributed by atoms with van der Waals surface area (Å²) in [5.74, 6) is 0.0374. The third kappa shape index (κ3) is 58.8. The van der Waals surface area contributed by atoms with Gasteiger partial charge >= 0.3 is 39.5 Å². The van der Waals surface area contributed by atoms with Crippen molar-refractivity contribution < 1.29 is 80.2 Å². The minimum atomic E-state index is -4.94. The van der Waals surface area contributed by atoms with Crippen LogP contribution in [0.5, 0.6) is 0 Å². The summed E-state index contributed by atoms with van der Waals surface area (Å²) in [4.78, 5) is 72.2. The fourth-order valence-electron chi connectivity index (χ4n) is 9.48. The molecule has 0 aliphatic heterocycles. The summed E-state index contributed by atoms with van der Waals surface area (Å²) in [5, 5.41) is 10.5. The van der Waals surface area contributed by atoms with Crippen LogP contribution in [-0.2, 0) is 65.4 Å². The first-order valence-electron chi connectivity index (χ1n) is 33.3. The van der Waals surface area contributed by atoms with Gasteiger partial charge in [0, 0.05) is 25.7 Å². The van der Waals surface area contributed by atoms with E-state index in [4.69, 9.17) is 37.0 Å². The first kappa shape index (κ1) is 81.1. The first-order valence-corrected chi connectivity index (χ1v) is 36.3. The molecule has 5 atom stereocenters. The van der Waals surface area contributed by atoms with Crippen molar-refractivity contribution in [2.45, 2.75) is 330 Å². The first-order chi connectivity index (χ1) is 39.7. The summed E-state index contributed by atoms with van der Waals surface area (Å²) >= 11 is 0. The van der Waals surface area contributed by atoms with Gasteiger partial charge in [0.1, 0.15) is 19.3 Å². The van der Waals surface area contributed by atoms with Crippen LogP contribution in [0, 0.1) is 17.8 Å². The van der Waals surface area contributed by atoms with Gasteiger partial charge in [0.25, 0.3) is 0 Å². The molecule has 0 saturated heterocycles. The average Bonchev–Trinajstić information content (AvgIpc) is 3.44. The van der Waals surface area contributed by atoms with E-state index in [9.17, 15) is 43.2 Å². The zero-order chi connectivity index (χ0) is 61.7. The predicted octanol–water partition coefficient (Wildman–Crippen LogP) is 17.5. The molecular formula is C64H124O17P2. The van der Waals surface area contributed by atoms with Gasteiger partial charge in [-0.2, -0.15) is 0 Å². The van der Waals surface area contributed by atoms with Crippen molar-refractivity contribution >= 4 is 39.5 Å². The summed E-state index contributed by atoms with van der Waals surface area (Å²) in [6.45, 7) is 11.7. The number of unbranched alkanes of at least 4 members (excludes halogenated alkanes) is 30. The molecule has 19 heteroatoms. The van der Waals surface area contributed by atoms with Crippen molar-refractivity contribution in [1.29, 1.82) is 0 Å². The van der Waals surface area contributed by atoms with Crippen LogP contribution < -0.4 is 0 Å². The van der Waals surface area contributed by atoms with E-state index in [0.717, 1.165) is 102 Å². The number of ether oxygens (including phenoxy) is 4. The van der Waals surface area contributed by atoms with Gasteiger partial charge in [-0.25, -0.2) is 9.13 Å². The lowest BCUT2D eigenvalue weighted by molar-refractivity contribution is -0.161. The molecule has 0 rings (SSSR count). The fourth-order valence-corrected chi connectivity index (χ4v) is 11.1. The van der Waals surface area contributed by atoms with Crippen LogP contribution in [0.25, 0.3) is 0 Å². The lowest BCUT2D eigenvalue weighted by Crippen LogP contribution is -2.30. The molecule has 0 radical (unpaired) electrons. The topological polar surface area (TPSA) is 237 Å². The molecule has 0 spiro atoms. The maximum Gasteiger partial charge on any atom is 0.472 e. The number of phosphoric acid groups is 2. The van der Waals surface area contributed by atoms with E-state index in [1.165, 1.54) is 122 Å².